The van der Waals surface area contributed by atoms with Gasteiger partial charge in [0.25, 0.3) is 0 Å². The van der Waals surface area contributed by atoms with Crippen molar-refractivity contribution in [1.29, 1.82) is 0 Å². The molecule has 6 heteroatoms. The molecular formula is C19H26N2O3S. The van der Waals surface area contributed by atoms with Gasteiger partial charge in [0, 0.05) is 13.1 Å². The van der Waals surface area contributed by atoms with Crippen molar-refractivity contribution in [3.8, 4) is 5.75 Å². The second kappa shape index (κ2) is 9.56. The largest absolute Gasteiger partial charge is 0.492 e. The van der Waals surface area contributed by atoms with Crippen molar-refractivity contribution in [3.05, 3.63) is 60.2 Å². The van der Waals surface area contributed by atoms with Gasteiger partial charge in [-0.2, -0.15) is 0 Å². The molecule has 0 aliphatic carbocycles. The molecule has 2 aromatic rings. The highest BCUT2D eigenvalue weighted by Gasteiger charge is 2.12. The Hall–Kier alpha value is -1.89. The van der Waals surface area contributed by atoms with Gasteiger partial charge in [-0.05, 0) is 42.9 Å². The highest BCUT2D eigenvalue weighted by Crippen LogP contribution is 2.13. The summed E-state index contributed by atoms with van der Waals surface area (Å²) in [6, 6.07) is 15.9. The first-order valence-corrected chi connectivity index (χ1v) is 10.0. The van der Waals surface area contributed by atoms with Gasteiger partial charge in [0.1, 0.15) is 12.4 Å². The summed E-state index contributed by atoms with van der Waals surface area (Å²) in [6.07, 6.45) is 0. The van der Waals surface area contributed by atoms with Gasteiger partial charge < -0.3 is 9.64 Å². The Bertz CT molecular complexity index is 727. The lowest BCUT2D eigenvalue weighted by molar-refractivity contribution is 0.223. The van der Waals surface area contributed by atoms with Crippen LogP contribution in [0.2, 0.25) is 0 Å². The van der Waals surface area contributed by atoms with Crippen molar-refractivity contribution >= 4 is 10.0 Å². The average Bonchev–Trinajstić information content (AvgIpc) is 2.65. The van der Waals surface area contributed by atoms with Crippen LogP contribution in [0.4, 0.5) is 0 Å². The maximum Gasteiger partial charge on any atom is 0.240 e. The molecule has 0 aliphatic rings. The van der Waals surface area contributed by atoms with E-state index < -0.39 is 10.0 Å². The van der Waals surface area contributed by atoms with Crippen LogP contribution in [0.5, 0.6) is 5.75 Å². The van der Waals surface area contributed by atoms with E-state index in [1.807, 2.05) is 24.3 Å². The molecule has 0 saturated heterocycles. The zero-order chi connectivity index (χ0) is 18.1. The lowest BCUT2D eigenvalue weighted by Gasteiger charge is -2.18. The number of hydrogen-bond acceptors (Lipinski definition) is 4. The normalized spacial score (nSPS) is 11.6. The number of benzene rings is 2. The van der Waals surface area contributed by atoms with E-state index in [0.717, 1.165) is 30.9 Å². The Labute approximate surface area is 150 Å². The van der Waals surface area contributed by atoms with Crippen LogP contribution < -0.4 is 9.46 Å². The van der Waals surface area contributed by atoms with Crippen molar-refractivity contribution < 1.29 is 13.2 Å². The van der Waals surface area contributed by atoms with Gasteiger partial charge in [-0.3, -0.25) is 0 Å². The van der Waals surface area contributed by atoms with Gasteiger partial charge in [-0.25, -0.2) is 13.1 Å². The van der Waals surface area contributed by atoms with Crippen LogP contribution >= 0.6 is 0 Å². The molecule has 5 nitrogen and oxygen atoms in total. The van der Waals surface area contributed by atoms with Gasteiger partial charge in [-0.1, -0.05) is 44.2 Å². The third kappa shape index (κ3) is 6.16. The van der Waals surface area contributed by atoms with Crippen molar-refractivity contribution in [1.82, 2.24) is 9.62 Å². The predicted octanol–water partition coefficient (Wildman–Crippen LogP) is 2.89. The molecule has 2 aromatic carbocycles. The summed E-state index contributed by atoms with van der Waals surface area (Å²) in [5, 5.41) is 0. The molecule has 2 rings (SSSR count). The van der Waals surface area contributed by atoms with E-state index in [1.165, 1.54) is 0 Å². The first kappa shape index (κ1) is 19.4. The summed E-state index contributed by atoms with van der Waals surface area (Å²) in [6.45, 7) is 8.08. The molecule has 0 spiro atoms. The molecule has 0 unspecified atom stereocenters. The van der Waals surface area contributed by atoms with Crippen LogP contribution in [-0.4, -0.2) is 39.6 Å². The van der Waals surface area contributed by atoms with E-state index in [4.69, 9.17) is 4.74 Å². The first-order chi connectivity index (χ1) is 12.0. The van der Waals surface area contributed by atoms with Crippen molar-refractivity contribution in [2.75, 3.05) is 26.2 Å². The van der Waals surface area contributed by atoms with Crippen molar-refractivity contribution in [2.24, 2.45) is 0 Å². The Kier molecular flexibility index (Phi) is 7.43. The van der Waals surface area contributed by atoms with Crippen LogP contribution in [0.1, 0.15) is 19.4 Å². The zero-order valence-corrected chi connectivity index (χ0v) is 15.6. The number of hydrogen-bond donors (Lipinski definition) is 1. The number of rotatable bonds is 10. The maximum atomic E-state index is 12.2. The van der Waals surface area contributed by atoms with Crippen LogP contribution in [0.15, 0.2) is 59.5 Å². The summed E-state index contributed by atoms with van der Waals surface area (Å²) in [5.74, 6) is 0.793. The third-order valence-electron chi connectivity index (χ3n) is 4.01. The fourth-order valence-corrected chi connectivity index (χ4v) is 3.44. The standard InChI is InChI=1S/C19H26N2O3S/c1-3-21(4-2)14-15-24-18-12-10-17(11-13-18)16-20-25(22,23)19-8-6-5-7-9-19/h5-13,20H,3-4,14-16H2,1-2H3. The minimum Gasteiger partial charge on any atom is -0.492 e. The van der Waals surface area contributed by atoms with Crippen LogP contribution in [0.3, 0.4) is 0 Å². The van der Waals surface area contributed by atoms with E-state index in [9.17, 15) is 8.42 Å². The number of nitrogens with one attached hydrogen (secondary N) is 1. The highest BCUT2D eigenvalue weighted by molar-refractivity contribution is 7.89. The molecule has 0 atom stereocenters. The minimum atomic E-state index is -3.48. The Morgan fingerprint density at radius 3 is 2.20 bits per heavy atom. The second-order valence-electron chi connectivity index (χ2n) is 5.66. The molecule has 0 heterocycles. The van der Waals surface area contributed by atoms with Crippen LogP contribution in [0, 0.1) is 0 Å². The quantitative estimate of drug-likeness (QED) is 0.706. The molecular weight excluding hydrogens is 336 g/mol. The molecule has 1 N–H and O–H groups in total. The van der Waals surface area contributed by atoms with Crippen molar-refractivity contribution in [3.63, 3.8) is 0 Å². The summed E-state index contributed by atoms with van der Waals surface area (Å²) in [5.41, 5.74) is 0.885. The number of sulfonamides is 1. The Morgan fingerprint density at radius 1 is 0.960 bits per heavy atom. The predicted molar refractivity (Wildman–Crippen MR) is 100 cm³/mol. The second-order valence-corrected chi connectivity index (χ2v) is 7.42. The summed E-state index contributed by atoms with van der Waals surface area (Å²) in [7, 11) is -3.48. The minimum absolute atomic E-state index is 0.247. The smallest absolute Gasteiger partial charge is 0.240 e. The lowest BCUT2D eigenvalue weighted by atomic mass is 10.2. The molecule has 25 heavy (non-hydrogen) atoms. The molecule has 0 aliphatic heterocycles. The van der Waals surface area contributed by atoms with Gasteiger partial charge in [0.05, 0.1) is 4.90 Å². The summed E-state index contributed by atoms with van der Waals surface area (Å²) >= 11 is 0. The Balaban J connectivity index is 1.84. The SMILES string of the molecule is CCN(CC)CCOc1ccc(CNS(=O)(=O)c2ccccc2)cc1. The van der Waals surface area contributed by atoms with E-state index in [-0.39, 0.29) is 11.4 Å². The van der Waals surface area contributed by atoms with Gasteiger partial charge in [0.15, 0.2) is 0 Å². The molecule has 0 bridgehead atoms. The molecule has 0 amide bonds. The summed E-state index contributed by atoms with van der Waals surface area (Å²) < 4.78 is 32.7. The molecule has 0 saturated carbocycles. The molecule has 0 aromatic heterocycles. The lowest BCUT2D eigenvalue weighted by Crippen LogP contribution is -2.27. The number of likely N-dealkylation sites (N-methyl/N-ethyl adjacent to an activating group) is 1. The summed E-state index contributed by atoms with van der Waals surface area (Å²) in [4.78, 5) is 2.57. The maximum absolute atomic E-state index is 12.2. The fourth-order valence-electron chi connectivity index (χ4n) is 2.40. The van der Waals surface area contributed by atoms with Crippen LogP contribution in [-0.2, 0) is 16.6 Å². The highest BCUT2D eigenvalue weighted by atomic mass is 32.2. The Morgan fingerprint density at radius 2 is 1.60 bits per heavy atom. The monoisotopic (exact) mass is 362 g/mol. The van der Waals surface area contributed by atoms with E-state index in [0.29, 0.717) is 6.61 Å². The average molecular weight is 362 g/mol. The first-order valence-electron chi connectivity index (χ1n) is 8.54. The van der Waals surface area contributed by atoms with Gasteiger partial charge in [0.2, 0.25) is 10.0 Å². The van der Waals surface area contributed by atoms with Crippen LogP contribution in [0.25, 0.3) is 0 Å². The molecule has 136 valence electrons. The third-order valence-corrected chi connectivity index (χ3v) is 5.43. The topological polar surface area (TPSA) is 58.6 Å². The van der Waals surface area contributed by atoms with E-state index >= 15 is 0 Å². The van der Waals surface area contributed by atoms with Crippen molar-refractivity contribution in [2.45, 2.75) is 25.3 Å². The number of nitrogens with zero attached hydrogens (tertiary/aromatic N) is 1. The van der Waals surface area contributed by atoms with E-state index in [1.54, 1.807) is 30.3 Å². The number of ether oxygens (including phenoxy) is 1. The zero-order valence-electron chi connectivity index (χ0n) is 14.8. The van der Waals surface area contributed by atoms with Gasteiger partial charge >= 0.3 is 0 Å². The fraction of sp³-hybridized carbons (Fsp3) is 0.368. The van der Waals surface area contributed by atoms with Gasteiger partial charge in [-0.15, -0.1) is 0 Å². The molecule has 0 fully saturated rings. The molecule has 0 radical (unpaired) electrons. The van der Waals surface area contributed by atoms with E-state index in [2.05, 4.69) is 23.5 Å².